The quantitative estimate of drug-likeness (QED) is 0.552. The lowest BCUT2D eigenvalue weighted by molar-refractivity contribution is 0.0955. The zero-order valence-corrected chi connectivity index (χ0v) is 15.5. The third-order valence-electron chi connectivity index (χ3n) is 4.68. The Morgan fingerprint density at radius 2 is 1.57 bits per heavy atom. The molecule has 1 fully saturated rings. The summed E-state index contributed by atoms with van der Waals surface area (Å²) in [6.45, 7) is 3.35. The van der Waals surface area contributed by atoms with Gasteiger partial charge in [0, 0.05) is 42.4 Å². The standard InChI is InChI=1S/C22H22N4O2/c27-22(19-5-9-21(10-6-19)25-11-1-2-12-25)24-23-17-18-3-7-20(8-4-18)26-13-15-28-16-14-26/h1-12,17H,13-16H2,(H,24,27)/b23-17+. The maximum atomic E-state index is 12.2. The number of carbonyl (C=O) groups is 1. The average molecular weight is 374 g/mol. The molecule has 1 amide bonds. The number of aromatic nitrogens is 1. The maximum Gasteiger partial charge on any atom is 0.271 e. The number of hydrogen-bond donors (Lipinski definition) is 1. The van der Waals surface area contributed by atoms with E-state index in [1.807, 2.05) is 53.4 Å². The molecule has 1 saturated heterocycles. The molecule has 1 aliphatic rings. The fourth-order valence-electron chi connectivity index (χ4n) is 3.11. The topological polar surface area (TPSA) is 58.9 Å². The van der Waals surface area contributed by atoms with Gasteiger partial charge in [-0.2, -0.15) is 5.10 Å². The van der Waals surface area contributed by atoms with E-state index in [2.05, 4.69) is 27.6 Å². The van der Waals surface area contributed by atoms with Crippen LogP contribution in [0.1, 0.15) is 15.9 Å². The van der Waals surface area contributed by atoms with E-state index in [-0.39, 0.29) is 5.91 Å². The van der Waals surface area contributed by atoms with Crippen molar-refractivity contribution in [2.75, 3.05) is 31.2 Å². The van der Waals surface area contributed by atoms with E-state index in [1.54, 1.807) is 18.3 Å². The number of morpholine rings is 1. The highest BCUT2D eigenvalue weighted by atomic mass is 16.5. The van der Waals surface area contributed by atoms with Gasteiger partial charge >= 0.3 is 0 Å². The molecule has 0 aliphatic carbocycles. The summed E-state index contributed by atoms with van der Waals surface area (Å²) in [6, 6.07) is 19.4. The third kappa shape index (κ3) is 4.29. The van der Waals surface area contributed by atoms with Crippen molar-refractivity contribution in [1.29, 1.82) is 0 Å². The molecule has 0 radical (unpaired) electrons. The first-order valence-corrected chi connectivity index (χ1v) is 9.29. The fourth-order valence-corrected chi connectivity index (χ4v) is 3.11. The van der Waals surface area contributed by atoms with Crippen LogP contribution in [0.5, 0.6) is 0 Å². The van der Waals surface area contributed by atoms with Crippen molar-refractivity contribution in [3.05, 3.63) is 84.2 Å². The van der Waals surface area contributed by atoms with Gasteiger partial charge in [-0.05, 0) is 54.1 Å². The lowest BCUT2D eigenvalue weighted by Crippen LogP contribution is -2.36. The van der Waals surface area contributed by atoms with Gasteiger partial charge in [0.1, 0.15) is 0 Å². The van der Waals surface area contributed by atoms with Gasteiger partial charge in [-0.3, -0.25) is 4.79 Å². The van der Waals surface area contributed by atoms with Crippen molar-refractivity contribution in [1.82, 2.24) is 9.99 Å². The largest absolute Gasteiger partial charge is 0.378 e. The molecule has 142 valence electrons. The second-order valence-corrected chi connectivity index (χ2v) is 6.53. The molecule has 6 heteroatoms. The van der Waals surface area contributed by atoms with Gasteiger partial charge in [-0.25, -0.2) is 5.43 Å². The van der Waals surface area contributed by atoms with E-state index in [9.17, 15) is 4.79 Å². The van der Waals surface area contributed by atoms with E-state index in [4.69, 9.17) is 4.74 Å². The summed E-state index contributed by atoms with van der Waals surface area (Å²) >= 11 is 0. The molecule has 1 aliphatic heterocycles. The second-order valence-electron chi connectivity index (χ2n) is 6.53. The number of amides is 1. The molecule has 2 heterocycles. The highest BCUT2D eigenvalue weighted by molar-refractivity contribution is 5.95. The predicted octanol–water partition coefficient (Wildman–Crippen LogP) is 3.08. The van der Waals surface area contributed by atoms with E-state index >= 15 is 0 Å². The Hall–Kier alpha value is -3.38. The predicted molar refractivity (Wildman–Crippen MR) is 110 cm³/mol. The van der Waals surface area contributed by atoms with Crippen molar-refractivity contribution < 1.29 is 9.53 Å². The van der Waals surface area contributed by atoms with Gasteiger partial charge in [0.05, 0.1) is 19.4 Å². The maximum absolute atomic E-state index is 12.2. The van der Waals surface area contributed by atoms with Gasteiger partial charge in [0.2, 0.25) is 0 Å². The van der Waals surface area contributed by atoms with Crippen molar-refractivity contribution in [3.63, 3.8) is 0 Å². The van der Waals surface area contributed by atoms with Crippen LogP contribution in [0.15, 0.2) is 78.2 Å². The second kappa shape index (κ2) is 8.54. The lowest BCUT2D eigenvalue weighted by Gasteiger charge is -2.28. The number of anilines is 1. The van der Waals surface area contributed by atoms with E-state index in [0.29, 0.717) is 5.56 Å². The van der Waals surface area contributed by atoms with Crippen molar-refractivity contribution >= 4 is 17.8 Å². The number of hydrogen-bond acceptors (Lipinski definition) is 4. The van der Waals surface area contributed by atoms with Crippen LogP contribution in [0.3, 0.4) is 0 Å². The van der Waals surface area contributed by atoms with Gasteiger partial charge in [-0.15, -0.1) is 0 Å². The fraction of sp³-hybridized carbons (Fsp3) is 0.182. The molecule has 6 nitrogen and oxygen atoms in total. The molecule has 0 atom stereocenters. The summed E-state index contributed by atoms with van der Waals surface area (Å²) in [4.78, 5) is 14.5. The van der Waals surface area contributed by atoms with Gasteiger partial charge < -0.3 is 14.2 Å². The number of rotatable bonds is 5. The van der Waals surface area contributed by atoms with E-state index < -0.39 is 0 Å². The molecule has 3 aromatic rings. The SMILES string of the molecule is O=C(N/N=C/c1ccc(N2CCOCC2)cc1)c1ccc(-n2cccc2)cc1. The van der Waals surface area contributed by atoms with Gasteiger partial charge in [-0.1, -0.05) is 12.1 Å². The molecule has 1 N–H and O–H groups in total. The normalized spacial score (nSPS) is 14.4. The van der Waals surface area contributed by atoms with Crippen molar-refractivity contribution in [2.24, 2.45) is 5.10 Å². The molecule has 1 aromatic heterocycles. The Kier molecular flexibility index (Phi) is 5.49. The number of benzene rings is 2. The molecular weight excluding hydrogens is 352 g/mol. The highest BCUT2D eigenvalue weighted by Crippen LogP contribution is 2.16. The molecule has 0 saturated carbocycles. The Morgan fingerprint density at radius 3 is 2.25 bits per heavy atom. The Morgan fingerprint density at radius 1 is 0.929 bits per heavy atom. The summed E-state index contributed by atoms with van der Waals surface area (Å²) in [6.07, 6.45) is 5.57. The summed E-state index contributed by atoms with van der Waals surface area (Å²) in [7, 11) is 0. The van der Waals surface area contributed by atoms with Gasteiger partial charge in [0.25, 0.3) is 5.91 Å². The summed E-state index contributed by atoms with van der Waals surface area (Å²) in [5.41, 5.74) is 6.25. The average Bonchev–Trinajstić information content (AvgIpc) is 3.30. The first kappa shape index (κ1) is 18.0. The number of carbonyl (C=O) groups excluding carboxylic acids is 1. The van der Waals surface area contributed by atoms with E-state index in [0.717, 1.165) is 37.6 Å². The van der Waals surface area contributed by atoms with Crippen molar-refractivity contribution in [2.45, 2.75) is 0 Å². The van der Waals surface area contributed by atoms with Crippen LogP contribution in [-0.4, -0.2) is 43.0 Å². The zero-order chi connectivity index (χ0) is 19.2. The van der Waals surface area contributed by atoms with Crippen LogP contribution in [0, 0.1) is 0 Å². The van der Waals surface area contributed by atoms with Crippen molar-refractivity contribution in [3.8, 4) is 5.69 Å². The molecule has 28 heavy (non-hydrogen) atoms. The minimum atomic E-state index is -0.236. The Balaban J connectivity index is 1.33. The zero-order valence-electron chi connectivity index (χ0n) is 15.5. The van der Waals surface area contributed by atoms with Crippen LogP contribution in [0.25, 0.3) is 5.69 Å². The first-order chi connectivity index (χ1) is 13.8. The minimum Gasteiger partial charge on any atom is -0.378 e. The highest BCUT2D eigenvalue weighted by Gasteiger charge is 2.10. The summed E-state index contributed by atoms with van der Waals surface area (Å²) in [5.74, 6) is -0.236. The number of nitrogens with zero attached hydrogens (tertiary/aromatic N) is 3. The van der Waals surface area contributed by atoms with Crippen LogP contribution in [0.4, 0.5) is 5.69 Å². The number of ether oxygens (including phenoxy) is 1. The first-order valence-electron chi connectivity index (χ1n) is 9.29. The van der Waals surface area contributed by atoms with Crippen LogP contribution < -0.4 is 10.3 Å². The lowest BCUT2D eigenvalue weighted by atomic mass is 10.2. The minimum absolute atomic E-state index is 0.236. The third-order valence-corrected chi connectivity index (χ3v) is 4.68. The molecule has 0 bridgehead atoms. The summed E-state index contributed by atoms with van der Waals surface area (Å²) in [5, 5.41) is 4.07. The van der Waals surface area contributed by atoms with E-state index in [1.165, 1.54) is 5.69 Å². The monoisotopic (exact) mass is 374 g/mol. The molecule has 0 unspecified atom stereocenters. The molecular formula is C22H22N4O2. The Labute approximate surface area is 164 Å². The summed E-state index contributed by atoms with van der Waals surface area (Å²) < 4.78 is 7.36. The molecule has 0 spiro atoms. The number of nitrogens with one attached hydrogen (secondary N) is 1. The van der Waals surface area contributed by atoms with Crippen LogP contribution >= 0.6 is 0 Å². The Bertz CT molecular complexity index is 926. The van der Waals surface area contributed by atoms with Crippen LogP contribution in [-0.2, 0) is 4.74 Å². The smallest absolute Gasteiger partial charge is 0.271 e. The van der Waals surface area contributed by atoms with Crippen LogP contribution in [0.2, 0.25) is 0 Å². The van der Waals surface area contributed by atoms with Gasteiger partial charge in [0.15, 0.2) is 0 Å². The molecule has 2 aromatic carbocycles. The number of hydrazone groups is 1. The molecule has 4 rings (SSSR count).